The van der Waals surface area contributed by atoms with Gasteiger partial charge in [-0.2, -0.15) is 0 Å². The van der Waals surface area contributed by atoms with E-state index in [1.54, 1.807) is 30.5 Å². The molecule has 0 aliphatic rings. The molecule has 1 N–H and O–H groups in total. The van der Waals surface area contributed by atoms with E-state index < -0.39 is 11.5 Å². The number of carbonyl (C=O) groups is 1. The van der Waals surface area contributed by atoms with Gasteiger partial charge >= 0.3 is 0 Å². The molecular formula is C20H15FN4O2S. The van der Waals surface area contributed by atoms with Crippen LogP contribution in [0.4, 0.5) is 9.52 Å². The number of carbonyl (C=O) groups excluding carboxylic acids is 1. The Morgan fingerprint density at radius 2 is 2.04 bits per heavy atom. The van der Waals surface area contributed by atoms with Crippen LogP contribution in [-0.2, 0) is 6.54 Å². The zero-order chi connectivity index (χ0) is 19.7. The number of nitrogens with one attached hydrogen (secondary N) is 1. The number of amides is 1. The van der Waals surface area contributed by atoms with Crippen LogP contribution in [0.1, 0.15) is 21.6 Å². The van der Waals surface area contributed by atoms with Crippen LogP contribution in [0.2, 0.25) is 0 Å². The van der Waals surface area contributed by atoms with Gasteiger partial charge in [-0.15, -0.1) is 11.3 Å². The minimum Gasteiger partial charge on any atom is -0.298 e. The number of pyridine rings is 2. The molecule has 28 heavy (non-hydrogen) atoms. The van der Waals surface area contributed by atoms with Crippen molar-refractivity contribution in [3.63, 3.8) is 0 Å². The lowest BCUT2D eigenvalue weighted by molar-refractivity contribution is 0.102. The summed E-state index contributed by atoms with van der Waals surface area (Å²) in [5, 5.41) is 5.57. The van der Waals surface area contributed by atoms with Gasteiger partial charge in [-0.05, 0) is 42.8 Å². The molecule has 4 rings (SSSR count). The number of fused-ring (bicyclic) bond motifs is 1. The highest BCUT2D eigenvalue weighted by Crippen LogP contribution is 2.17. The Bertz CT molecular complexity index is 1230. The lowest BCUT2D eigenvalue weighted by atomic mass is 10.1. The molecule has 0 radical (unpaired) electrons. The number of benzene rings is 1. The molecule has 0 saturated heterocycles. The first kappa shape index (κ1) is 18.0. The third-order valence-electron chi connectivity index (χ3n) is 4.19. The van der Waals surface area contributed by atoms with Crippen LogP contribution in [-0.4, -0.2) is 20.4 Å². The number of thiazole rings is 1. The zero-order valence-electron chi connectivity index (χ0n) is 14.8. The first-order valence-corrected chi connectivity index (χ1v) is 9.36. The number of rotatable bonds is 4. The Morgan fingerprint density at radius 1 is 1.25 bits per heavy atom. The third-order valence-corrected chi connectivity index (χ3v) is 5.06. The minimum absolute atomic E-state index is 0.00420. The molecule has 8 heteroatoms. The first-order valence-electron chi connectivity index (χ1n) is 8.48. The van der Waals surface area contributed by atoms with Gasteiger partial charge in [0.25, 0.3) is 11.5 Å². The maximum absolute atomic E-state index is 13.2. The van der Waals surface area contributed by atoms with Crippen LogP contribution in [0, 0.1) is 12.7 Å². The molecule has 3 heterocycles. The van der Waals surface area contributed by atoms with E-state index in [1.807, 2.05) is 12.3 Å². The summed E-state index contributed by atoms with van der Waals surface area (Å²) in [6.45, 7) is 1.99. The molecule has 0 aliphatic carbocycles. The fourth-order valence-corrected chi connectivity index (χ4v) is 3.55. The minimum atomic E-state index is -0.530. The maximum atomic E-state index is 13.2. The van der Waals surface area contributed by atoms with E-state index in [4.69, 9.17) is 0 Å². The Balaban J connectivity index is 1.79. The number of hydrogen-bond donors (Lipinski definition) is 1. The van der Waals surface area contributed by atoms with Crippen molar-refractivity contribution in [2.75, 3.05) is 5.32 Å². The van der Waals surface area contributed by atoms with Crippen LogP contribution in [0.15, 0.2) is 58.8 Å². The molecule has 0 unspecified atom stereocenters. The SMILES string of the molecule is Cc1csc(NC(=O)c2cc3cccnc3n(Cc3ccc(F)cc3)c2=O)n1. The molecule has 0 fully saturated rings. The Kier molecular flexibility index (Phi) is 4.70. The summed E-state index contributed by atoms with van der Waals surface area (Å²) >= 11 is 1.29. The van der Waals surface area contributed by atoms with E-state index >= 15 is 0 Å². The van der Waals surface area contributed by atoms with Gasteiger partial charge in [0.1, 0.15) is 17.0 Å². The van der Waals surface area contributed by atoms with Gasteiger partial charge in [0.15, 0.2) is 5.13 Å². The first-order chi connectivity index (χ1) is 13.5. The van der Waals surface area contributed by atoms with Crippen LogP contribution < -0.4 is 10.9 Å². The van der Waals surface area contributed by atoms with Crippen molar-refractivity contribution in [1.82, 2.24) is 14.5 Å². The van der Waals surface area contributed by atoms with Gasteiger partial charge in [-0.25, -0.2) is 14.4 Å². The summed E-state index contributed by atoms with van der Waals surface area (Å²) in [6.07, 6.45) is 1.58. The van der Waals surface area contributed by atoms with Gasteiger partial charge < -0.3 is 0 Å². The smallest absolute Gasteiger partial charge is 0.265 e. The number of nitrogens with zero attached hydrogens (tertiary/aromatic N) is 3. The number of aryl methyl sites for hydroxylation is 1. The lowest BCUT2D eigenvalue weighted by Crippen LogP contribution is -2.30. The van der Waals surface area contributed by atoms with Crippen molar-refractivity contribution < 1.29 is 9.18 Å². The fourth-order valence-electron chi connectivity index (χ4n) is 2.86. The summed E-state index contributed by atoms with van der Waals surface area (Å²) in [7, 11) is 0. The van der Waals surface area contributed by atoms with E-state index in [-0.39, 0.29) is 17.9 Å². The van der Waals surface area contributed by atoms with Crippen molar-refractivity contribution in [3.8, 4) is 0 Å². The largest absolute Gasteiger partial charge is 0.298 e. The van der Waals surface area contributed by atoms with Gasteiger partial charge in [0, 0.05) is 17.0 Å². The molecule has 6 nitrogen and oxygen atoms in total. The van der Waals surface area contributed by atoms with E-state index in [0.29, 0.717) is 16.2 Å². The van der Waals surface area contributed by atoms with Crippen molar-refractivity contribution in [3.05, 3.63) is 87.0 Å². The molecule has 140 valence electrons. The van der Waals surface area contributed by atoms with Crippen molar-refractivity contribution in [2.45, 2.75) is 13.5 Å². The number of hydrogen-bond acceptors (Lipinski definition) is 5. The summed E-state index contributed by atoms with van der Waals surface area (Å²) < 4.78 is 14.6. The molecule has 0 saturated carbocycles. The van der Waals surface area contributed by atoms with Gasteiger partial charge in [-0.1, -0.05) is 12.1 Å². The Hall–Kier alpha value is -3.39. The van der Waals surface area contributed by atoms with Crippen molar-refractivity contribution in [1.29, 1.82) is 0 Å². The predicted molar refractivity (Wildman–Crippen MR) is 106 cm³/mol. The summed E-state index contributed by atoms with van der Waals surface area (Å²) in [5.41, 5.74) is 1.50. The van der Waals surface area contributed by atoms with E-state index in [2.05, 4.69) is 15.3 Å². The standard InChI is InChI=1S/C20H15FN4O2S/c1-12-11-28-20(23-12)24-18(26)16-9-14-3-2-8-22-17(14)25(19(16)27)10-13-4-6-15(21)7-5-13/h2-9,11H,10H2,1H3,(H,23,24,26). The highest BCUT2D eigenvalue weighted by molar-refractivity contribution is 7.13. The van der Waals surface area contributed by atoms with Crippen LogP contribution in [0.5, 0.6) is 0 Å². The molecule has 4 aromatic rings. The quantitative estimate of drug-likeness (QED) is 0.574. The summed E-state index contributed by atoms with van der Waals surface area (Å²) in [6, 6.07) is 10.9. The lowest BCUT2D eigenvalue weighted by Gasteiger charge is -2.12. The number of aromatic nitrogens is 3. The average molecular weight is 394 g/mol. The van der Waals surface area contributed by atoms with Crippen molar-refractivity contribution in [2.24, 2.45) is 0 Å². The molecule has 1 amide bonds. The van der Waals surface area contributed by atoms with Crippen LogP contribution >= 0.6 is 11.3 Å². The molecule has 0 aliphatic heterocycles. The normalized spacial score (nSPS) is 10.9. The predicted octanol–water partition coefficient (Wildman–Crippen LogP) is 3.60. The van der Waals surface area contributed by atoms with Gasteiger partial charge in [-0.3, -0.25) is 19.5 Å². The zero-order valence-corrected chi connectivity index (χ0v) is 15.7. The molecular weight excluding hydrogens is 379 g/mol. The van der Waals surface area contributed by atoms with Gasteiger partial charge in [0.2, 0.25) is 0 Å². The molecule has 0 spiro atoms. The molecule has 3 aromatic heterocycles. The monoisotopic (exact) mass is 394 g/mol. The fraction of sp³-hybridized carbons (Fsp3) is 0.100. The van der Waals surface area contributed by atoms with E-state index in [9.17, 15) is 14.0 Å². The second-order valence-corrected chi connectivity index (χ2v) is 7.10. The van der Waals surface area contributed by atoms with Crippen LogP contribution in [0.25, 0.3) is 11.0 Å². The molecule has 0 atom stereocenters. The number of halogens is 1. The highest BCUT2D eigenvalue weighted by atomic mass is 32.1. The number of anilines is 1. The molecule has 1 aromatic carbocycles. The second kappa shape index (κ2) is 7.32. The van der Waals surface area contributed by atoms with E-state index in [0.717, 1.165) is 11.3 Å². The summed E-state index contributed by atoms with van der Waals surface area (Å²) in [5.74, 6) is -0.885. The average Bonchev–Trinajstić information content (AvgIpc) is 3.10. The highest BCUT2D eigenvalue weighted by Gasteiger charge is 2.17. The third kappa shape index (κ3) is 3.54. The Morgan fingerprint density at radius 3 is 2.75 bits per heavy atom. The maximum Gasteiger partial charge on any atom is 0.265 e. The van der Waals surface area contributed by atoms with Crippen molar-refractivity contribution >= 4 is 33.4 Å². The second-order valence-electron chi connectivity index (χ2n) is 6.24. The van der Waals surface area contributed by atoms with Crippen LogP contribution in [0.3, 0.4) is 0 Å². The molecule has 0 bridgehead atoms. The Labute approximate surface area is 163 Å². The van der Waals surface area contributed by atoms with E-state index in [1.165, 1.54) is 34.1 Å². The summed E-state index contributed by atoms with van der Waals surface area (Å²) in [4.78, 5) is 34.3. The van der Waals surface area contributed by atoms with Gasteiger partial charge in [0.05, 0.1) is 12.2 Å². The topological polar surface area (TPSA) is 76.9 Å².